The number of fused-ring (bicyclic) bond motifs is 2. The molecule has 5 heterocycles. The van der Waals surface area contributed by atoms with Crippen molar-refractivity contribution in [3.05, 3.63) is 76.3 Å². The number of carbonyl (C=O) groups is 1. The summed E-state index contributed by atoms with van der Waals surface area (Å²) < 4.78 is 39.5. The molecule has 4 aromatic rings. The molecule has 3 saturated heterocycles. The normalized spacial score (nSPS) is 21.5. The van der Waals surface area contributed by atoms with E-state index in [9.17, 15) is 14.3 Å². The maximum Gasteiger partial charge on any atom is 0.335 e. The molecule has 3 aliphatic rings. The first-order chi connectivity index (χ1) is 21.9. The number of aromatic nitrogens is 3. The summed E-state index contributed by atoms with van der Waals surface area (Å²) in [5.41, 5.74) is 1.90. The highest BCUT2D eigenvalue weighted by atomic mass is 35.5. The highest BCUT2D eigenvalue weighted by Gasteiger charge is 2.42. The quantitative estimate of drug-likeness (QED) is 0.269. The highest BCUT2D eigenvalue weighted by Crippen LogP contribution is 2.33. The second-order valence-electron chi connectivity index (χ2n) is 11.5. The Kier molecular flexibility index (Phi) is 8.21. The summed E-state index contributed by atoms with van der Waals surface area (Å²) in [5, 5.41) is 10.1. The first-order valence-corrected chi connectivity index (χ1v) is 15.3. The Balaban J connectivity index is 1.12. The lowest BCUT2D eigenvalue weighted by molar-refractivity contribution is -0.0592. The first-order valence-electron chi connectivity index (χ1n) is 14.9. The topological polar surface area (TPSA) is 111 Å². The Morgan fingerprint density at radius 3 is 2.73 bits per heavy atom. The van der Waals surface area contributed by atoms with Crippen LogP contribution in [0.4, 0.5) is 10.2 Å². The van der Waals surface area contributed by atoms with E-state index in [0.29, 0.717) is 60.6 Å². The molecule has 0 spiro atoms. The molecule has 0 radical (unpaired) electrons. The fourth-order valence-electron chi connectivity index (χ4n) is 6.32. The third-order valence-electron chi connectivity index (χ3n) is 8.80. The zero-order valence-electron chi connectivity index (χ0n) is 24.7. The first kappa shape index (κ1) is 29.7. The van der Waals surface area contributed by atoms with Crippen LogP contribution in [0.3, 0.4) is 0 Å². The molecule has 45 heavy (non-hydrogen) atoms. The van der Waals surface area contributed by atoms with Crippen LogP contribution in [-0.2, 0) is 29.2 Å². The third-order valence-corrected chi connectivity index (χ3v) is 9.04. The zero-order chi connectivity index (χ0) is 31.1. The number of imidazole rings is 1. The lowest BCUT2D eigenvalue weighted by Crippen LogP contribution is -2.59. The lowest BCUT2D eigenvalue weighted by atomic mass is 10.0. The van der Waals surface area contributed by atoms with E-state index >= 15 is 0 Å². The molecule has 2 aromatic heterocycles. The summed E-state index contributed by atoms with van der Waals surface area (Å²) in [7, 11) is 1.53. The van der Waals surface area contributed by atoms with E-state index in [1.807, 2.05) is 12.1 Å². The summed E-state index contributed by atoms with van der Waals surface area (Å²) in [4.78, 5) is 26.2. The molecule has 13 heteroatoms. The van der Waals surface area contributed by atoms with Crippen LogP contribution in [0.15, 0.2) is 48.5 Å². The van der Waals surface area contributed by atoms with Gasteiger partial charge < -0.3 is 33.5 Å². The van der Waals surface area contributed by atoms with Gasteiger partial charge in [-0.05, 0) is 36.8 Å². The number of pyridine rings is 1. The van der Waals surface area contributed by atoms with Gasteiger partial charge in [-0.15, -0.1) is 0 Å². The van der Waals surface area contributed by atoms with Gasteiger partial charge in [-0.2, -0.15) is 4.98 Å². The summed E-state index contributed by atoms with van der Waals surface area (Å²) in [6, 6.07) is 13.4. The number of hydrogen-bond donors (Lipinski definition) is 1. The summed E-state index contributed by atoms with van der Waals surface area (Å²) in [5.74, 6) is 0.981. The number of halogens is 2. The van der Waals surface area contributed by atoms with Gasteiger partial charge in [-0.3, -0.25) is 4.90 Å². The van der Waals surface area contributed by atoms with Gasteiger partial charge in [0, 0.05) is 36.3 Å². The van der Waals surface area contributed by atoms with Crippen molar-refractivity contribution in [2.45, 2.75) is 44.3 Å². The van der Waals surface area contributed by atoms with Gasteiger partial charge in [0.05, 0.1) is 62.7 Å². The van der Waals surface area contributed by atoms with Crippen molar-refractivity contribution in [1.82, 2.24) is 19.4 Å². The van der Waals surface area contributed by atoms with Crippen molar-refractivity contribution in [1.29, 1.82) is 0 Å². The van der Waals surface area contributed by atoms with E-state index in [1.165, 1.54) is 19.2 Å². The average Bonchev–Trinajstić information content (AvgIpc) is 3.64. The average molecular weight is 638 g/mol. The van der Waals surface area contributed by atoms with Crippen LogP contribution in [0.5, 0.6) is 11.6 Å². The van der Waals surface area contributed by atoms with Gasteiger partial charge in [0.15, 0.2) is 0 Å². The van der Waals surface area contributed by atoms with Crippen molar-refractivity contribution >= 4 is 34.4 Å². The molecule has 3 fully saturated rings. The van der Waals surface area contributed by atoms with Crippen LogP contribution < -0.4 is 14.4 Å². The van der Waals surface area contributed by atoms with Crippen molar-refractivity contribution in [2.75, 3.05) is 44.9 Å². The van der Waals surface area contributed by atoms with Crippen LogP contribution in [0, 0.1) is 5.82 Å². The number of carboxylic acid groups (broad SMARTS) is 1. The molecule has 0 bridgehead atoms. The molecular formula is C32H33ClFN5O6. The highest BCUT2D eigenvalue weighted by molar-refractivity contribution is 6.30. The minimum absolute atomic E-state index is 0.0358. The Hall–Kier alpha value is -3.97. The molecular weight excluding hydrogens is 605 g/mol. The SMILES string of the molecule is COc1cc(C(=O)O)cc2c1nc(CN1CCN(c3cccc(OCc4ccc(Cl)cc4F)n3)C3COCC31)n2CC1CCO1. The van der Waals surface area contributed by atoms with Crippen molar-refractivity contribution in [3.8, 4) is 11.6 Å². The van der Waals surface area contributed by atoms with Crippen LogP contribution >= 0.6 is 11.6 Å². The number of piperazine rings is 1. The van der Waals surface area contributed by atoms with E-state index in [2.05, 4.69) is 14.4 Å². The Morgan fingerprint density at radius 2 is 1.98 bits per heavy atom. The molecule has 236 valence electrons. The molecule has 11 nitrogen and oxygen atoms in total. The third kappa shape index (κ3) is 5.90. The maximum atomic E-state index is 14.3. The van der Waals surface area contributed by atoms with Gasteiger partial charge in [-0.1, -0.05) is 23.7 Å². The smallest absolute Gasteiger partial charge is 0.335 e. The molecule has 0 amide bonds. The summed E-state index contributed by atoms with van der Waals surface area (Å²) in [6.07, 6.45) is 0.994. The molecule has 7 rings (SSSR count). The largest absolute Gasteiger partial charge is 0.494 e. The van der Waals surface area contributed by atoms with Gasteiger partial charge in [-0.25, -0.2) is 14.2 Å². The lowest BCUT2D eigenvalue weighted by Gasteiger charge is -2.44. The van der Waals surface area contributed by atoms with Gasteiger partial charge in [0.2, 0.25) is 5.88 Å². The van der Waals surface area contributed by atoms with Crippen LogP contribution in [0.2, 0.25) is 5.02 Å². The Bertz CT molecular complexity index is 1730. The van der Waals surface area contributed by atoms with Crippen molar-refractivity contribution < 1.29 is 33.2 Å². The van der Waals surface area contributed by atoms with E-state index in [4.69, 9.17) is 40.5 Å². The minimum atomic E-state index is -1.02. The van der Waals surface area contributed by atoms with Gasteiger partial charge in [0.1, 0.15) is 35.3 Å². The van der Waals surface area contributed by atoms with Crippen LogP contribution in [0.25, 0.3) is 11.0 Å². The monoisotopic (exact) mass is 637 g/mol. The number of aromatic carboxylic acids is 1. The number of carboxylic acids is 1. The van der Waals surface area contributed by atoms with E-state index < -0.39 is 11.8 Å². The molecule has 3 unspecified atom stereocenters. The van der Waals surface area contributed by atoms with Gasteiger partial charge >= 0.3 is 5.97 Å². The molecule has 0 aliphatic carbocycles. The molecule has 1 N–H and O–H groups in total. The molecule has 3 aliphatic heterocycles. The fraction of sp³-hybridized carbons (Fsp3) is 0.406. The number of ether oxygens (including phenoxy) is 4. The Morgan fingerprint density at radius 1 is 1.13 bits per heavy atom. The van der Waals surface area contributed by atoms with Crippen LogP contribution in [-0.4, -0.2) is 88.7 Å². The Labute approximate surface area is 264 Å². The second kappa shape index (κ2) is 12.4. The standard InChI is InChI=1S/C32H33ClFN5O6/c1-42-27-12-20(32(40)41)11-24-31(27)36-29(39(24)14-22-7-10-44-22)15-37-8-9-38(26-18-43-17-25(26)37)28-3-2-4-30(35-28)45-16-19-5-6-21(33)13-23(19)34/h2-6,11-13,22,25-26H,7-10,14-18H2,1H3,(H,40,41). The van der Waals surface area contributed by atoms with Crippen molar-refractivity contribution in [3.63, 3.8) is 0 Å². The van der Waals surface area contributed by atoms with E-state index in [0.717, 1.165) is 36.7 Å². The predicted octanol–water partition coefficient (Wildman–Crippen LogP) is 4.39. The number of methoxy groups -OCH3 is 1. The zero-order valence-corrected chi connectivity index (χ0v) is 25.5. The minimum Gasteiger partial charge on any atom is -0.494 e. The number of anilines is 1. The fourth-order valence-corrected chi connectivity index (χ4v) is 6.48. The number of rotatable bonds is 10. The van der Waals surface area contributed by atoms with Gasteiger partial charge in [0.25, 0.3) is 0 Å². The summed E-state index contributed by atoms with van der Waals surface area (Å²) >= 11 is 5.88. The second-order valence-corrected chi connectivity index (χ2v) is 11.9. The summed E-state index contributed by atoms with van der Waals surface area (Å²) in [6.45, 7) is 4.43. The molecule has 2 aromatic carbocycles. The van der Waals surface area contributed by atoms with Crippen molar-refractivity contribution in [2.24, 2.45) is 0 Å². The number of nitrogens with zero attached hydrogens (tertiary/aromatic N) is 5. The molecule has 0 saturated carbocycles. The van der Waals surface area contributed by atoms with Crippen LogP contribution in [0.1, 0.15) is 28.2 Å². The molecule has 3 atom stereocenters. The number of benzene rings is 2. The van der Waals surface area contributed by atoms with E-state index in [1.54, 1.807) is 24.3 Å². The number of hydrogen-bond acceptors (Lipinski definition) is 9. The van der Waals surface area contributed by atoms with E-state index in [-0.39, 0.29) is 30.4 Å². The maximum absolute atomic E-state index is 14.3. The predicted molar refractivity (Wildman–Crippen MR) is 164 cm³/mol.